The molecule has 0 spiro atoms. The summed E-state index contributed by atoms with van der Waals surface area (Å²) >= 11 is 0. The van der Waals surface area contributed by atoms with Crippen LogP contribution < -0.4 is 15.4 Å². The summed E-state index contributed by atoms with van der Waals surface area (Å²) in [5.74, 6) is 2.33. The molecule has 0 aromatic heterocycles. The van der Waals surface area contributed by atoms with E-state index < -0.39 is 0 Å². The second kappa shape index (κ2) is 6.94. The van der Waals surface area contributed by atoms with E-state index in [-0.39, 0.29) is 5.91 Å². The van der Waals surface area contributed by atoms with Crippen LogP contribution >= 0.6 is 0 Å². The number of hydrogen-bond acceptors (Lipinski definition) is 3. The highest BCUT2D eigenvalue weighted by Crippen LogP contribution is 2.29. The van der Waals surface area contributed by atoms with Gasteiger partial charge < -0.3 is 15.4 Å². The fourth-order valence-electron chi connectivity index (χ4n) is 2.65. The minimum atomic E-state index is 0.00898. The van der Waals surface area contributed by atoms with E-state index in [0.29, 0.717) is 11.5 Å². The second-order valence-corrected chi connectivity index (χ2v) is 6.18. The number of nitrogens with one attached hydrogen (secondary N) is 2. The van der Waals surface area contributed by atoms with Gasteiger partial charge in [0.1, 0.15) is 5.75 Å². The van der Waals surface area contributed by atoms with Crippen LogP contribution in [0.5, 0.6) is 5.75 Å². The van der Waals surface area contributed by atoms with Gasteiger partial charge in [0.15, 0.2) is 0 Å². The minimum Gasteiger partial charge on any atom is -0.493 e. The van der Waals surface area contributed by atoms with Gasteiger partial charge in [-0.2, -0.15) is 0 Å². The smallest absolute Gasteiger partial charge is 0.251 e. The predicted octanol–water partition coefficient (Wildman–Crippen LogP) is 2.20. The van der Waals surface area contributed by atoms with Crippen molar-refractivity contribution in [1.82, 2.24) is 10.6 Å². The Kier molecular flexibility index (Phi) is 4.76. The molecule has 2 aliphatic rings. The maximum absolute atomic E-state index is 12.0. The Labute approximate surface area is 126 Å². The first-order chi connectivity index (χ1) is 10.3. The molecule has 1 unspecified atom stereocenters. The number of benzene rings is 1. The Hall–Kier alpha value is -1.55. The van der Waals surface area contributed by atoms with Crippen LogP contribution in [0.2, 0.25) is 0 Å². The van der Waals surface area contributed by atoms with Crippen LogP contribution in [0.15, 0.2) is 24.3 Å². The van der Waals surface area contributed by atoms with Gasteiger partial charge in [0.05, 0.1) is 6.61 Å². The molecule has 2 fully saturated rings. The average Bonchev–Trinajstić information content (AvgIpc) is 3.20. The molecule has 21 heavy (non-hydrogen) atoms. The van der Waals surface area contributed by atoms with Gasteiger partial charge in [0.25, 0.3) is 5.91 Å². The third-order valence-corrected chi connectivity index (χ3v) is 4.30. The van der Waals surface area contributed by atoms with Crippen molar-refractivity contribution in [1.29, 1.82) is 0 Å². The highest BCUT2D eigenvalue weighted by atomic mass is 16.5. The molecule has 1 atom stereocenters. The van der Waals surface area contributed by atoms with E-state index in [1.165, 1.54) is 19.3 Å². The summed E-state index contributed by atoms with van der Waals surface area (Å²) in [5.41, 5.74) is 0.707. The lowest BCUT2D eigenvalue weighted by Crippen LogP contribution is -2.26. The lowest BCUT2D eigenvalue weighted by atomic mass is 10.1. The van der Waals surface area contributed by atoms with Gasteiger partial charge in [-0.25, -0.2) is 0 Å². The van der Waals surface area contributed by atoms with Gasteiger partial charge in [-0.15, -0.1) is 0 Å². The Morgan fingerprint density at radius 3 is 2.67 bits per heavy atom. The molecule has 1 aromatic rings. The number of amides is 1. The molecule has 1 aromatic carbocycles. The Morgan fingerprint density at radius 2 is 2.00 bits per heavy atom. The van der Waals surface area contributed by atoms with E-state index in [2.05, 4.69) is 10.6 Å². The number of carbonyl (C=O) groups is 1. The largest absolute Gasteiger partial charge is 0.493 e. The van der Waals surface area contributed by atoms with E-state index in [9.17, 15) is 4.79 Å². The van der Waals surface area contributed by atoms with Crippen LogP contribution in [-0.4, -0.2) is 32.1 Å². The molecular formula is C17H24N2O2. The Bertz CT molecular complexity index is 462. The van der Waals surface area contributed by atoms with Crippen molar-refractivity contribution < 1.29 is 9.53 Å². The zero-order chi connectivity index (χ0) is 14.5. The van der Waals surface area contributed by atoms with E-state index in [1.807, 2.05) is 24.3 Å². The summed E-state index contributed by atoms with van der Waals surface area (Å²) in [6.07, 6.45) is 4.86. The van der Waals surface area contributed by atoms with Crippen molar-refractivity contribution in [3.05, 3.63) is 29.8 Å². The molecule has 1 amide bonds. The first kappa shape index (κ1) is 14.4. The monoisotopic (exact) mass is 288 g/mol. The third-order valence-electron chi connectivity index (χ3n) is 4.30. The summed E-state index contributed by atoms with van der Waals surface area (Å²) in [4.78, 5) is 12.0. The normalized spacial score (nSPS) is 21.2. The van der Waals surface area contributed by atoms with Crippen LogP contribution in [0, 0.1) is 11.8 Å². The summed E-state index contributed by atoms with van der Waals surface area (Å²) in [6.45, 7) is 3.76. The van der Waals surface area contributed by atoms with Crippen LogP contribution in [0.4, 0.5) is 0 Å². The second-order valence-electron chi connectivity index (χ2n) is 6.18. The van der Waals surface area contributed by atoms with Crippen molar-refractivity contribution in [2.24, 2.45) is 11.8 Å². The number of rotatable bonds is 7. The van der Waals surface area contributed by atoms with Crippen molar-refractivity contribution in [3.63, 3.8) is 0 Å². The zero-order valence-corrected chi connectivity index (χ0v) is 12.4. The molecule has 1 aliphatic heterocycles. The predicted molar refractivity (Wildman–Crippen MR) is 82.6 cm³/mol. The highest BCUT2D eigenvalue weighted by molar-refractivity contribution is 5.94. The molecule has 1 aliphatic carbocycles. The van der Waals surface area contributed by atoms with E-state index in [1.54, 1.807) is 0 Å². The average molecular weight is 288 g/mol. The molecule has 2 N–H and O–H groups in total. The van der Waals surface area contributed by atoms with Crippen molar-refractivity contribution in [2.75, 3.05) is 26.2 Å². The standard InChI is InChI=1S/C17H24N2O2/c20-17(19-10-8-13-7-9-18-11-13)15-3-5-16(6-4-15)21-12-14-1-2-14/h3-6,13-14,18H,1-2,7-12H2,(H,19,20). The van der Waals surface area contributed by atoms with Crippen LogP contribution in [-0.2, 0) is 0 Å². The van der Waals surface area contributed by atoms with E-state index in [0.717, 1.165) is 44.3 Å². The maximum Gasteiger partial charge on any atom is 0.251 e. The lowest BCUT2D eigenvalue weighted by molar-refractivity contribution is 0.0951. The van der Waals surface area contributed by atoms with Crippen LogP contribution in [0.1, 0.15) is 36.0 Å². The molecule has 1 heterocycles. The summed E-state index contributed by atoms with van der Waals surface area (Å²) < 4.78 is 5.67. The zero-order valence-electron chi connectivity index (χ0n) is 12.4. The van der Waals surface area contributed by atoms with E-state index >= 15 is 0 Å². The summed E-state index contributed by atoms with van der Waals surface area (Å²) in [6, 6.07) is 7.46. The van der Waals surface area contributed by atoms with Crippen LogP contribution in [0.25, 0.3) is 0 Å². The topological polar surface area (TPSA) is 50.4 Å². The number of hydrogen-bond donors (Lipinski definition) is 2. The van der Waals surface area contributed by atoms with Gasteiger partial charge in [-0.05, 0) is 74.9 Å². The van der Waals surface area contributed by atoms with Gasteiger partial charge >= 0.3 is 0 Å². The van der Waals surface area contributed by atoms with Crippen molar-refractivity contribution in [3.8, 4) is 5.75 Å². The molecule has 114 valence electrons. The third kappa shape index (κ3) is 4.46. The summed E-state index contributed by atoms with van der Waals surface area (Å²) in [7, 11) is 0. The summed E-state index contributed by atoms with van der Waals surface area (Å²) in [5, 5.41) is 6.34. The molecular weight excluding hydrogens is 264 g/mol. The van der Waals surface area contributed by atoms with E-state index in [4.69, 9.17) is 4.74 Å². The first-order valence-corrected chi connectivity index (χ1v) is 8.03. The van der Waals surface area contributed by atoms with Crippen molar-refractivity contribution >= 4 is 5.91 Å². The minimum absolute atomic E-state index is 0.00898. The lowest BCUT2D eigenvalue weighted by Gasteiger charge is -2.10. The quantitative estimate of drug-likeness (QED) is 0.809. The number of carbonyl (C=O) groups excluding carboxylic acids is 1. The molecule has 4 heteroatoms. The fourth-order valence-corrected chi connectivity index (χ4v) is 2.65. The van der Waals surface area contributed by atoms with Gasteiger partial charge in [-0.3, -0.25) is 4.79 Å². The first-order valence-electron chi connectivity index (χ1n) is 8.03. The van der Waals surface area contributed by atoms with Crippen molar-refractivity contribution in [2.45, 2.75) is 25.7 Å². The Balaban J connectivity index is 1.40. The molecule has 3 rings (SSSR count). The highest BCUT2D eigenvalue weighted by Gasteiger charge is 2.21. The van der Waals surface area contributed by atoms with Gasteiger partial charge in [-0.1, -0.05) is 0 Å². The molecule has 0 bridgehead atoms. The van der Waals surface area contributed by atoms with Crippen LogP contribution in [0.3, 0.4) is 0 Å². The molecule has 4 nitrogen and oxygen atoms in total. The maximum atomic E-state index is 12.0. The fraction of sp³-hybridized carbons (Fsp3) is 0.588. The SMILES string of the molecule is O=C(NCCC1CCNC1)c1ccc(OCC2CC2)cc1. The number of ether oxygens (including phenoxy) is 1. The molecule has 0 radical (unpaired) electrons. The molecule has 1 saturated carbocycles. The van der Waals surface area contributed by atoms with Gasteiger partial charge in [0, 0.05) is 12.1 Å². The molecule has 1 saturated heterocycles. The Morgan fingerprint density at radius 1 is 1.19 bits per heavy atom. The van der Waals surface area contributed by atoms with Gasteiger partial charge in [0.2, 0.25) is 0 Å².